The van der Waals surface area contributed by atoms with Crippen LogP contribution in [0.5, 0.6) is 11.5 Å². The summed E-state index contributed by atoms with van der Waals surface area (Å²) in [6, 6.07) is 11.9. The molecule has 7 nitrogen and oxygen atoms in total. The standard InChI is InChI=1S/C19H17F2N3O4/c1-19(13-7-9-14(27-2)10-8-13)16(25)24(18(26)23-19)22-11-12-5-3-4-6-15(12)28-17(20)21/h3-11,17H,1-2H3,(H,23,26)/b22-11+. The molecule has 0 spiro atoms. The second-order valence-electron chi connectivity index (χ2n) is 6.06. The zero-order valence-corrected chi connectivity index (χ0v) is 15.1. The van der Waals surface area contributed by atoms with Crippen molar-refractivity contribution in [2.45, 2.75) is 19.1 Å². The summed E-state index contributed by atoms with van der Waals surface area (Å²) in [5, 5.41) is 7.13. The van der Waals surface area contributed by atoms with Gasteiger partial charge in [-0.2, -0.15) is 13.9 Å². The third kappa shape index (κ3) is 3.64. The summed E-state index contributed by atoms with van der Waals surface area (Å²) in [4.78, 5) is 25.1. The molecule has 0 saturated carbocycles. The second kappa shape index (κ2) is 7.63. The second-order valence-corrected chi connectivity index (χ2v) is 6.06. The van der Waals surface area contributed by atoms with E-state index in [1.165, 1.54) is 25.3 Å². The first kappa shape index (κ1) is 19.3. The van der Waals surface area contributed by atoms with E-state index in [9.17, 15) is 18.4 Å². The smallest absolute Gasteiger partial charge is 0.387 e. The number of amides is 3. The van der Waals surface area contributed by atoms with Crippen molar-refractivity contribution in [3.63, 3.8) is 0 Å². The monoisotopic (exact) mass is 389 g/mol. The van der Waals surface area contributed by atoms with Crippen LogP contribution in [0.3, 0.4) is 0 Å². The average molecular weight is 389 g/mol. The summed E-state index contributed by atoms with van der Waals surface area (Å²) < 4.78 is 34.5. The first-order valence-corrected chi connectivity index (χ1v) is 8.24. The van der Waals surface area contributed by atoms with Crippen molar-refractivity contribution in [2.24, 2.45) is 5.10 Å². The van der Waals surface area contributed by atoms with Gasteiger partial charge in [0.25, 0.3) is 5.91 Å². The fourth-order valence-corrected chi connectivity index (χ4v) is 2.76. The number of para-hydroxylation sites is 1. The van der Waals surface area contributed by atoms with Crippen LogP contribution in [-0.2, 0) is 10.3 Å². The molecule has 1 N–H and O–H groups in total. The van der Waals surface area contributed by atoms with Gasteiger partial charge in [0.15, 0.2) is 0 Å². The van der Waals surface area contributed by atoms with Crippen molar-refractivity contribution < 1.29 is 27.8 Å². The molecule has 0 radical (unpaired) electrons. The lowest BCUT2D eigenvalue weighted by atomic mass is 9.92. The van der Waals surface area contributed by atoms with Gasteiger partial charge in [-0.05, 0) is 36.8 Å². The SMILES string of the molecule is COc1ccc(C2(C)NC(=O)N(/N=C/c3ccccc3OC(F)F)C2=O)cc1. The van der Waals surface area contributed by atoms with Gasteiger partial charge in [0.1, 0.15) is 17.0 Å². The Morgan fingerprint density at radius 3 is 2.46 bits per heavy atom. The predicted molar refractivity (Wildman–Crippen MR) is 96.4 cm³/mol. The molecule has 1 fully saturated rings. The number of hydrogen-bond donors (Lipinski definition) is 1. The van der Waals surface area contributed by atoms with E-state index in [0.717, 1.165) is 6.21 Å². The Hall–Kier alpha value is -3.49. The highest BCUT2D eigenvalue weighted by atomic mass is 19.3. The van der Waals surface area contributed by atoms with Gasteiger partial charge in [0.2, 0.25) is 0 Å². The van der Waals surface area contributed by atoms with Crippen LogP contribution in [0.1, 0.15) is 18.1 Å². The molecule has 0 aromatic heterocycles. The molecular weight excluding hydrogens is 372 g/mol. The van der Waals surface area contributed by atoms with Crippen molar-refractivity contribution in [2.75, 3.05) is 7.11 Å². The minimum absolute atomic E-state index is 0.119. The summed E-state index contributed by atoms with van der Waals surface area (Å²) in [5.74, 6) is -0.118. The lowest BCUT2D eigenvalue weighted by Crippen LogP contribution is -2.40. The normalized spacial score (nSPS) is 19.4. The Morgan fingerprint density at radius 1 is 1.14 bits per heavy atom. The number of nitrogens with zero attached hydrogens (tertiary/aromatic N) is 2. The van der Waals surface area contributed by atoms with Gasteiger partial charge >= 0.3 is 12.6 Å². The van der Waals surface area contributed by atoms with Gasteiger partial charge in [0, 0.05) is 5.56 Å². The Kier molecular flexibility index (Phi) is 5.25. The number of hydrazone groups is 1. The van der Waals surface area contributed by atoms with E-state index in [1.54, 1.807) is 37.3 Å². The number of imide groups is 1. The minimum Gasteiger partial charge on any atom is -0.497 e. The molecule has 0 bridgehead atoms. The summed E-state index contributed by atoms with van der Waals surface area (Å²) in [6.07, 6.45) is 1.12. The van der Waals surface area contributed by atoms with Crippen LogP contribution in [0.25, 0.3) is 0 Å². The molecule has 1 aliphatic rings. The Balaban J connectivity index is 1.85. The van der Waals surface area contributed by atoms with Gasteiger partial charge in [-0.3, -0.25) is 4.79 Å². The van der Waals surface area contributed by atoms with Crippen LogP contribution in [0, 0.1) is 0 Å². The van der Waals surface area contributed by atoms with Gasteiger partial charge in [0.05, 0.1) is 13.3 Å². The molecule has 1 saturated heterocycles. The van der Waals surface area contributed by atoms with Crippen LogP contribution < -0.4 is 14.8 Å². The molecule has 1 heterocycles. The van der Waals surface area contributed by atoms with Crippen molar-refractivity contribution in [3.8, 4) is 11.5 Å². The zero-order valence-electron chi connectivity index (χ0n) is 15.1. The molecule has 3 amide bonds. The molecule has 1 atom stereocenters. The summed E-state index contributed by atoms with van der Waals surface area (Å²) in [6.45, 7) is -1.46. The lowest BCUT2D eigenvalue weighted by Gasteiger charge is -2.21. The number of halogens is 2. The molecule has 1 unspecified atom stereocenters. The molecule has 2 aromatic rings. The van der Waals surface area contributed by atoms with Crippen LogP contribution in [0.4, 0.5) is 13.6 Å². The molecule has 146 valence electrons. The highest BCUT2D eigenvalue weighted by Crippen LogP contribution is 2.30. The number of benzene rings is 2. The summed E-state index contributed by atoms with van der Waals surface area (Å²) in [5.41, 5.74) is -0.577. The number of carbonyl (C=O) groups is 2. The molecule has 1 aliphatic heterocycles. The Labute approximate surface area is 159 Å². The maximum Gasteiger partial charge on any atom is 0.387 e. The number of methoxy groups -OCH3 is 1. The van der Waals surface area contributed by atoms with E-state index >= 15 is 0 Å². The van der Waals surface area contributed by atoms with Crippen molar-refractivity contribution >= 4 is 18.2 Å². The van der Waals surface area contributed by atoms with Crippen LogP contribution in [0.2, 0.25) is 0 Å². The topological polar surface area (TPSA) is 80.2 Å². The van der Waals surface area contributed by atoms with E-state index in [4.69, 9.17) is 4.74 Å². The van der Waals surface area contributed by atoms with Crippen molar-refractivity contribution in [1.82, 2.24) is 10.3 Å². The predicted octanol–water partition coefficient (Wildman–Crippen LogP) is 3.10. The van der Waals surface area contributed by atoms with Crippen LogP contribution in [-0.4, -0.2) is 36.9 Å². The van der Waals surface area contributed by atoms with E-state index in [2.05, 4.69) is 15.2 Å². The molecular formula is C19H17F2N3O4. The molecule has 0 aliphatic carbocycles. The largest absolute Gasteiger partial charge is 0.497 e. The lowest BCUT2D eigenvalue weighted by molar-refractivity contribution is -0.131. The highest BCUT2D eigenvalue weighted by Gasteiger charge is 2.49. The number of carbonyl (C=O) groups excluding carboxylic acids is 2. The number of hydrogen-bond acceptors (Lipinski definition) is 5. The first-order valence-electron chi connectivity index (χ1n) is 8.24. The number of rotatable bonds is 6. The summed E-state index contributed by atoms with van der Waals surface area (Å²) >= 11 is 0. The molecule has 2 aromatic carbocycles. The maximum absolute atomic E-state index is 12.8. The summed E-state index contributed by atoms with van der Waals surface area (Å²) in [7, 11) is 1.52. The number of ether oxygens (including phenoxy) is 2. The number of alkyl halides is 2. The van der Waals surface area contributed by atoms with E-state index in [0.29, 0.717) is 16.3 Å². The Bertz CT molecular complexity index is 918. The minimum atomic E-state index is -3.01. The highest BCUT2D eigenvalue weighted by molar-refractivity contribution is 6.07. The van der Waals surface area contributed by atoms with Crippen molar-refractivity contribution in [1.29, 1.82) is 0 Å². The third-order valence-electron chi connectivity index (χ3n) is 4.28. The van der Waals surface area contributed by atoms with Gasteiger partial charge < -0.3 is 14.8 Å². The molecule has 9 heteroatoms. The molecule has 28 heavy (non-hydrogen) atoms. The van der Waals surface area contributed by atoms with Gasteiger partial charge in [-0.1, -0.05) is 24.3 Å². The Morgan fingerprint density at radius 2 is 1.82 bits per heavy atom. The number of nitrogens with one attached hydrogen (secondary N) is 1. The van der Waals surface area contributed by atoms with Gasteiger partial charge in [-0.15, -0.1) is 5.01 Å². The fraction of sp³-hybridized carbons (Fsp3) is 0.211. The van der Waals surface area contributed by atoms with Crippen LogP contribution in [0.15, 0.2) is 53.6 Å². The molecule has 3 rings (SSSR count). The van der Waals surface area contributed by atoms with E-state index in [-0.39, 0.29) is 11.3 Å². The van der Waals surface area contributed by atoms with Crippen molar-refractivity contribution in [3.05, 3.63) is 59.7 Å². The van der Waals surface area contributed by atoms with E-state index < -0.39 is 24.1 Å². The van der Waals surface area contributed by atoms with Crippen LogP contribution >= 0.6 is 0 Å². The number of urea groups is 1. The average Bonchev–Trinajstić information content (AvgIpc) is 2.90. The third-order valence-corrected chi connectivity index (χ3v) is 4.28. The first-order chi connectivity index (χ1) is 13.3. The maximum atomic E-state index is 12.8. The quantitative estimate of drug-likeness (QED) is 0.608. The van der Waals surface area contributed by atoms with Gasteiger partial charge in [-0.25, -0.2) is 4.79 Å². The zero-order chi connectivity index (χ0) is 20.3. The van der Waals surface area contributed by atoms with E-state index in [1.807, 2.05) is 0 Å². The fourth-order valence-electron chi connectivity index (χ4n) is 2.76.